The predicted molar refractivity (Wildman–Crippen MR) is 68.1 cm³/mol. The van der Waals surface area contributed by atoms with Gasteiger partial charge in [-0.05, 0) is 37.8 Å². The van der Waals surface area contributed by atoms with Gasteiger partial charge in [-0.3, -0.25) is 9.59 Å². The van der Waals surface area contributed by atoms with Crippen LogP contribution in [0.4, 0.5) is 0 Å². The first-order chi connectivity index (χ1) is 8.99. The number of amides is 1. The van der Waals surface area contributed by atoms with Crippen molar-refractivity contribution in [1.82, 2.24) is 5.32 Å². The second-order valence-electron chi connectivity index (χ2n) is 4.76. The van der Waals surface area contributed by atoms with Crippen molar-refractivity contribution in [1.29, 1.82) is 0 Å². The second-order valence-corrected chi connectivity index (χ2v) is 4.76. The number of benzene rings is 1. The van der Waals surface area contributed by atoms with Gasteiger partial charge in [0, 0.05) is 11.1 Å². The molecule has 0 heterocycles. The third-order valence-corrected chi connectivity index (χ3v) is 3.20. The number of Topliss-reactive ketones (excluding diaryl/α,β-unsaturated/α-hetero) is 1. The van der Waals surface area contributed by atoms with E-state index in [0.717, 1.165) is 12.8 Å². The molecule has 2 rings (SSSR count). The molecule has 1 atom stereocenters. The largest absolute Gasteiger partial charge is 0.480 e. The van der Waals surface area contributed by atoms with Crippen LogP contribution in [0.2, 0.25) is 0 Å². The Morgan fingerprint density at radius 2 is 1.68 bits per heavy atom. The number of rotatable bonds is 5. The van der Waals surface area contributed by atoms with Gasteiger partial charge in [-0.1, -0.05) is 12.1 Å². The summed E-state index contributed by atoms with van der Waals surface area (Å²) in [5.74, 6) is -1.46. The normalized spacial score (nSPS) is 15.6. The van der Waals surface area contributed by atoms with Gasteiger partial charge in [0.05, 0.1) is 0 Å². The number of aliphatic carboxylic acids is 1. The first kappa shape index (κ1) is 13.3. The van der Waals surface area contributed by atoms with Crippen molar-refractivity contribution in [2.24, 2.45) is 5.92 Å². The summed E-state index contributed by atoms with van der Waals surface area (Å²) in [5, 5.41) is 11.6. The Hall–Kier alpha value is -2.17. The highest BCUT2D eigenvalue weighted by Gasteiger charge is 2.37. The molecule has 5 nitrogen and oxygen atoms in total. The molecule has 1 aliphatic rings. The summed E-state index contributed by atoms with van der Waals surface area (Å²) < 4.78 is 0. The number of ketones is 1. The van der Waals surface area contributed by atoms with E-state index < -0.39 is 17.9 Å². The third kappa shape index (κ3) is 3.19. The molecule has 0 aliphatic heterocycles. The summed E-state index contributed by atoms with van der Waals surface area (Å²) in [6.45, 7) is 1.45. The van der Waals surface area contributed by atoms with Crippen molar-refractivity contribution in [2.45, 2.75) is 25.8 Å². The Balaban J connectivity index is 2.06. The van der Waals surface area contributed by atoms with E-state index >= 15 is 0 Å². The minimum atomic E-state index is -1.00. The van der Waals surface area contributed by atoms with Crippen molar-refractivity contribution in [3.8, 4) is 0 Å². The van der Waals surface area contributed by atoms with Crippen LogP contribution in [0, 0.1) is 5.92 Å². The number of hydrogen-bond donors (Lipinski definition) is 2. The van der Waals surface area contributed by atoms with Crippen LogP contribution < -0.4 is 5.32 Å². The standard InChI is InChI=1S/C14H15NO4/c1-8(16)9-2-6-11(7-3-9)13(17)15-12(14(18)19)10-4-5-10/h2-3,6-7,10,12H,4-5H2,1H3,(H,15,17)(H,18,19). The van der Waals surface area contributed by atoms with Crippen molar-refractivity contribution >= 4 is 17.7 Å². The Bertz CT molecular complexity index is 517. The molecule has 0 saturated heterocycles. The lowest BCUT2D eigenvalue weighted by molar-refractivity contribution is -0.139. The Morgan fingerprint density at radius 3 is 2.11 bits per heavy atom. The minimum Gasteiger partial charge on any atom is -0.480 e. The van der Waals surface area contributed by atoms with Gasteiger partial charge >= 0.3 is 5.97 Å². The fourth-order valence-corrected chi connectivity index (χ4v) is 1.89. The van der Waals surface area contributed by atoms with E-state index in [4.69, 9.17) is 5.11 Å². The zero-order valence-electron chi connectivity index (χ0n) is 10.6. The van der Waals surface area contributed by atoms with Gasteiger partial charge in [0.2, 0.25) is 0 Å². The summed E-state index contributed by atoms with van der Waals surface area (Å²) in [5.41, 5.74) is 0.880. The molecule has 1 fully saturated rings. The maximum atomic E-state index is 11.9. The molecule has 1 amide bonds. The number of carbonyl (C=O) groups is 3. The summed E-state index contributed by atoms with van der Waals surface area (Å²) in [7, 11) is 0. The maximum absolute atomic E-state index is 11.9. The average Bonchev–Trinajstić information content (AvgIpc) is 3.19. The maximum Gasteiger partial charge on any atom is 0.326 e. The lowest BCUT2D eigenvalue weighted by atomic mass is 10.1. The molecule has 1 aromatic carbocycles. The average molecular weight is 261 g/mol. The molecule has 2 N–H and O–H groups in total. The molecule has 1 unspecified atom stereocenters. The van der Waals surface area contributed by atoms with Crippen LogP contribution in [-0.2, 0) is 4.79 Å². The summed E-state index contributed by atoms with van der Waals surface area (Å²) in [6, 6.07) is 5.35. The van der Waals surface area contributed by atoms with Gasteiger partial charge in [-0.25, -0.2) is 4.79 Å². The van der Waals surface area contributed by atoms with Gasteiger partial charge in [0.1, 0.15) is 6.04 Å². The lowest BCUT2D eigenvalue weighted by Gasteiger charge is -2.13. The second kappa shape index (κ2) is 5.22. The zero-order chi connectivity index (χ0) is 14.0. The highest BCUT2D eigenvalue weighted by atomic mass is 16.4. The van der Waals surface area contributed by atoms with Crippen LogP contribution in [-0.4, -0.2) is 28.8 Å². The Morgan fingerprint density at radius 1 is 1.16 bits per heavy atom. The van der Waals surface area contributed by atoms with E-state index in [9.17, 15) is 14.4 Å². The number of carboxylic acid groups (broad SMARTS) is 1. The molecular weight excluding hydrogens is 246 g/mol. The molecular formula is C14H15NO4. The molecule has 0 spiro atoms. The third-order valence-electron chi connectivity index (χ3n) is 3.20. The van der Waals surface area contributed by atoms with Gasteiger partial charge < -0.3 is 10.4 Å². The highest BCUT2D eigenvalue weighted by Crippen LogP contribution is 2.32. The van der Waals surface area contributed by atoms with Crippen molar-refractivity contribution in [3.05, 3.63) is 35.4 Å². The van der Waals surface area contributed by atoms with Crippen LogP contribution in [0.3, 0.4) is 0 Å². The summed E-state index contributed by atoms with van der Waals surface area (Å²) in [4.78, 5) is 34.1. The Labute approximate surface area is 110 Å². The number of hydrogen-bond acceptors (Lipinski definition) is 3. The van der Waals surface area contributed by atoms with E-state index in [1.807, 2.05) is 0 Å². The summed E-state index contributed by atoms with van der Waals surface area (Å²) >= 11 is 0. The molecule has 19 heavy (non-hydrogen) atoms. The highest BCUT2D eigenvalue weighted by molar-refractivity contribution is 5.99. The molecule has 1 saturated carbocycles. The molecule has 0 bridgehead atoms. The van der Waals surface area contributed by atoms with E-state index in [0.29, 0.717) is 11.1 Å². The lowest BCUT2D eigenvalue weighted by Crippen LogP contribution is -2.42. The van der Waals surface area contributed by atoms with E-state index in [2.05, 4.69) is 5.32 Å². The number of nitrogens with one attached hydrogen (secondary N) is 1. The zero-order valence-corrected chi connectivity index (χ0v) is 10.6. The number of carbonyl (C=O) groups excluding carboxylic acids is 2. The van der Waals surface area contributed by atoms with Crippen LogP contribution >= 0.6 is 0 Å². The smallest absolute Gasteiger partial charge is 0.326 e. The summed E-state index contributed by atoms with van der Waals surface area (Å²) in [6.07, 6.45) is 1.67. The fourth-order valence-electron chi connectivity index (χ4n) is 1.89. The van der Waals surface area contributed by atoms with Crippen molar-refractivity contribution < 1.29 is 19.5 Å². The van der Waals surface area contributed by atoms with Crippen molar-refractivity contribution in [3.63, 3.8) is 0 Å². The first-order valence-corrected chi connectivity index (χ1v) is 6.13. The van der Waals surface area contributed by atoms with E-state index in [1.54, 1.807) is 12.1 Å². The minimum absolute atomic E-state index is 0.0398. The quantitative estimate of drug-likeness (QED) is 0.786. The molecule has 100 valence electrons. The monoisotopic (exact) mass is 261 g/mol. The fraction of sp³-hybridized carbons (Fsp3) is 0.357. The van der Waals surface area contributed by atoms with Crippen LogP contribution in [0.5, 0.6) is 0 Å². The Kier molecular flexibility index (Phi) is 3.64. The van der Waals surface area contributed by atoms with Gasteiger partial charge in [0.15, 0.2) is 5.78 Å². The topological polar surface area (TPSA) is 83.5 Å². The number of carboxylic acids is 1. The van der Waals surface area contributed by atoms with Gasteiger partial charge in [-0.2, -0.15) is 0 Å². The van der Waals surface area contributed by atoms with Crippen molar-refractivity contribution in [2.75, 3.05) is 0 Å². The molecule has 5 heteroatoms. The van der Waals surface area contributed by atoms with Crippen LogP contribution in [0.25, 0.3) is 0 Å². The first-order valence-electron chi connectivity index (χ1n) is 6.13. The van der Waals surface area contributed by atoms with Gasteiger partial charge in [-0.15, -0.1) is 0 Å². The van der Waals surface area contributed by atoms with E-state index in [1.165, 1.54) is 19.1 Å². The predicted octanol–water partition coefficient (Wildman–Crippen LogP) is 1.48. The van der Waals surface area contributed by atoms with Crippen LogP contribution in [0.15, 0.2) is 24.3 Å². The molecule has 0 radical (unpaired) electrons. The molecule has 1 aromatic rings. The van der Waals surface area contributed by atoms with Gasteiger partial charge in [0.25, 0.3) is 5.91 Å². The molecule has 1 aliphatic carbocycles. The van der Waals surface area contributed by atoms with Crippen LogP contribution in [0.1, 0.15) is 40.5 Å². The SMILES string of the molecule is CC(=O)c1ccc(C(=O)NC(C(=O)O)C2CC2)cc1. The van der Waals surface area contributed by atoms with E-state index in [-0.39, 0.29) is 11.7 Å². The molecule has 0 aromatic heterocycles.